The predicted molar refractivity (Wildman–Crippen MR) is 140 cm³/mol. The highest BCUT2D eigenvalue weighted by atomic mass is 35.5. The number of Topliss-reactive ketones (excluding diaryl/α,β-unsaturated/α-hetero) is 1. The summed E-state index contributed by atoms with van der Waals surface area (Å²) in [5.74, 6) is 0.179. The van der Waals surface area contributed by atoms with Gasteiger partial charge in [0.05, 0.1) is 24.9 Å². The molecular formula is C24H28ClN9O3. The van der Waals surface area contributed by atoms with Gasteiger partial charge in [-0.2, -0.15) is 0 Å². The van der Waals surface area contributed by atoms with Gasteiger partial charge >= 0.3 is 6.03 Å². The molecule has 0 aliphatic carbocycles. The summed E-state index contributed by atoms with van der Waals surface area (Å²) in [6.07, 6.45) is 1.74. The molecule has 2 aromatic rings. The first-order chi connectivity index (χ1) is 17.7. The van der Waals surface area contributed by atoms with E-state index in [4.69, 9.17) is 23.1 Å². The number of aliphatic imine (C=N–C) groups is 1. The number of rotatable bonds is 6. The van der Waals surface area contributed by atoms with Crippen LogP contribution in [0.1, 0.15) is 35.3 Å². The maximum Gasteiger partial charge on any atom is 0.321 e. The number of benzene rings is 1. The van der Waals surface area contributed by atoms with Crippen molar-refractivity contribution in [2.24, 2.45) is 4.99 Å². The summed E-state index contributed by atoms with van der Waals surface area (Å²) in [4.78, 5) is 53.4. The van der Waals surface area contributed by atoms with Gasteiger partial charge in [0, 0.05) is 31.9 Å². The minimum Gasteiger partial charge on any atom is -0.382 e. The highest BCUT2D eigenvalue weighted by Gasteiger charge is 2.40. The van der Waals surface area contributed by atoms with Gasteiger partial charge in [-0.15, -0.1) is 0 Å². The van der Waals surface area contributed by atoms with Crippen molar-refractivity contribution in [3.8, 4) is 0 Å². The van der Waals surface area contributed by atoms with Crippen LogP contribution in [0.25, 0.3) is 0 Å². The minimum atomic E-state index is -0.348. The summed E-state index contributed by atoms with van der Waals surface area (Å²) in [6.45, 7) is 3.00. The van der Waals surface area contributed by atoms with Crippen molar-refractivity contribution in [2.75, 3.05) is 49.1 Å². The zero-order valence-electron chi connectivity index (χ0n) is 20.2. The normalized spacial score (nSPS) is 18.5. The van der Waals surface area contributed by atoms with Crippen molar-refractivity contribution >= 4 is 52.5 Å². The molecule has 194 valence electrons. The van der Waals surface area contributed by atoms with E-state index in [1.807, 2.05) is 29.2 Å². The second-order valence-corrected chi connectivity index (χ2v) is 9.87. The number of amides is 3. The Morgan fingerprint density at radius 1 is 1.03 bits per heavy atom. The molecule has 0 saturated carbocycles. The number of halogens is 1. The zero-order valence-corrected chi connectivity index (χ0v) is 20.9. The molecule has 3 aliphatic rings. The molecule has 2 fully saturated rings. The van der Waals surface area contributed by atoms with E-state index in [0.717, 1.165) is 24.1 Å². The van der Waals surface area contributed by atoms with Crippen molar-refractivity contribution in [3.05, 3.63) is 40.7 Å². The van der Waals surface area contributed by atoms with Crippen molar-refractivity contribution in [3.63, 3.8) is 0 Å². The SMILES string of the molecule is Nc1nc(N)c(C(=O)CC2=NCC3(CCN(C(=O)Cc4ccc(N5CCNC5=O)cc4)CC3)N2)nc1Cl. The number of hydrogen-bond donors (Lipinski definition) is 4. The fraction of sp³-hybridized carbons (Fsp3) is 0.417. The lowest BCUT2D eigenvalue weighted by Gasteiger charge is -2.39. The molecule has 12 nitrogen and oxygen atoms in total. The van der Waals surface area contributed by atoms with Crippen LogP contribution >= 0.6 is 11.6 Å². The fourth-order valence-corrected chi connectivity index (χ4v) is 5.01. The van der Waals surface area contributed by atoms with Gasteiger partial charge in [0.15, 0.2) is 28.3 Å². The first-order valence-electron chi connectivity index (χ1n) is 12.1. The molecule has 0 bridgehead atoms. The van der Waals surface area contributed by atoms with Crippen LogP contribution in [0.2, 0.25) is 5.15 Å². The molecule has 37 heavy (non-hydrogen) atoms. The van der Waals surface area contributed by atoms with Gasteiger partial charge in [0.25, 0.3) is 0 Å². The number of urea groups is 1. The summed E-state index contributed by atoms with van der Waals surface area (Å²) in [6, 6.07) is 7.43. The highest BCUT2D eigenvalue weighted by Crippen LogP contribution is 2.28. The van der Waals surface area contributed by atoms with Crippen LogP contribution in [0, 0.1) is 0 Å². The van der Waals surface area contributed by atoms with Crippen molar-refractivity contribution in [1.29, 1.82) is 0 Å². The van der Waals surface area contributed by atoms with Gasteiger partial charge in [0.1, 0.15) is 5.84 Å². The van der Waals surface area contributed by atoms with E-state index in [0.29, 0.717) is 45.0 Å². The topological polar surface area (TPSA) is 172 Å². The molecule has 6 N–H and O–H groups in total. The number of nitrogens with one attached hydrogen (secondary N) is 2. The number of ketones is 1. The molecule has 0 unspecified atom stereocenters. The lowest BCUT2D eigenvalue weighted by atomic mass is 9.88. The largest absolute Gasteiger partial charge is 0.382 e. The van der Waals surface area contributed by atoms with E-state index in [2.05, 4.69) is 25.6 Å². The van der Waals surface area contributed by atoms with Crippen LogP contribution in [-0.2, 0) is 11.2 Å². The third kappa shape index (κ3) is 5.15. The summed E-state index contributed by atoms with van der Waals surface area (Å²) < 4.78 is 0. The summed E-state index contributed by atoms with van der Waals surface area (Å²) >= 11 is 5.89. The van der Waals surface area contributed by atoms with E-state index in [1.54, 1.807) is 4.90 Å². The number of nitrogens with zero attached hydrogens (tertiary/aromatic N) is 5. The Morgan fingerprint density at radius 3 is 2.43 bits per heavy atom. The molecule has 1 aromatic heterocycles. The summed E-state index contributed by atoms with van der Waals surface area (Å²) in [5.41, 5.74) is 12.8. The molecular weight excluding hydrogens is 498 g/mol. The number of anilines is 3. The molecule has 1 aromatic carbocycles. The van der Waals surface area contributed by atoms with Gasteiger partial charge in [0.2, 0.25) is 5.91 Å². The second-order valence-electron chi connectivity index (χ2n) is 9.51. The highest BCUT2D eigenvalue weighted by molar-refractivity contribution is 6.31. The number of aromatic nitrogens is 2. The third-order valence-corrected chi connectivity index (χ3v) is 7.29. The predicted octanol–water partition coefficient (Wildman–Crippen LogP) is 1.00. The lowest BCUT2D eigenvalue weighted by Crippen LogP contribution is -2.55. The van der Waals surface area contributed by atoms with Crippen LogP contribution in [0.5, 0.6) is 0 Å². The Morgan fingerprint density at radius 2 is 1.76 bits per heavy atom. The van der Waals surface area contributed by atoms with E-state index in [-0.39, 0.29) is 52.2 Å². The van der Waals surface area contributed by atoms with Crippen LogP contribution in [-0.4, -0.2) is 76.7 Å². The molecule has 2 saturated heterocycles. The Hall–Kier alpha value is -3.93. The average molecular weight is 526 g/mol. The molecule has 3 amide bonds. The standard InChI is InChI=1S/C24H28ClN9O3/c25-20-22(27)31-21(26)19(30-20)16(35)12-17-29-13-24(32-17)5-8-33(9-6-24)18(36)11-14-1-3-15(4-2-14)34-10-7-28-23(34)37/h1-4H,5-13H2,(H,28,37)(H,29,32)(H4,26,27,31). The summed E-state index contributed by atoms with van der Waals surface area (Å²) in [5, 5.41) is 6.12. The first-order valence-corrected chi connectivity index (χ1v) is 12.5. The van der Waals surface area contributed by atoms with Crippen LogP contribution in [0.3, 0.4) is 0 Å². The molecule has 4 heterocycles. The van der Waals surface area contributed by atoms with Gasteiger partial charge in [-0.25, -0.2) is 14.8 Å². The number of amidine groups is 1. The van der Waals surface area contributed by atoms with Gasteiger partial charge in [-0.3, -0.25) is 19.5 Å². The van der Waals surface area contributed by atoms with E-state index < -0.39 is 0 Å². The Kier molecular flexibility index (Phi) is 6.59. The zero-order chi connectivity index (χ0) is 26.2. The maximum absolute atomic E-state index is 12.9. The monoisotopic (exact) mass is 525 g/mol. The van der Waals surface area contributed by atoms with E-state index >= 15 is 0 Å². The summed E-state index contributed by atoms with van der Waals surface area (Å²) in [7, 11) is 0. The van der Waals surface area contributed by atoms with Crippen LogP contribution < -0.4 is 27.0 Å². The molecule has 0 radical (unpaired) electrons. The minimum absolute atomic E-state index is 0.00138. The molecule has 1 spiro atoms. The Bertz CT molecular complexity index is 1270. The van der Waals surface area contributed by atoms with Crippen molar-refractivity contribution < 1.29 is 14.4 Å². The van der Waals surface area contributed by atoms with E-state index in [9.17, 15) is 14.4 Å². The second kappa shape index (κ2) is 9.85. The number of carbonyl (C=O) groups is 3. The molecule has 13 heteroatoms. The van der Waals surface area contributed by atoms with Gasteiger partial charge < -0.3 is 27.0 Å². The smallest absolute Gasteiger partial charge is 0.321 e. The van der Waals surface area contributed by atoms with E-state index in [1.165, 1.54) is 0 Å². The Labute approximate surface area is 218 Å². The van der Waals surface area contributed by atoms with Crippen LogP contribution in [0.4, 0.5) is 22.1 Å². The number of nitrogens with two attached hydrogens (primary N) is 2. The van der Waals surface area contributed by atoms with Gasteiger partial charge in [-0.1, -0.05) is 23.7 Å². The number of likely N-dealkylation sites (tertiary alicyclic amines) is 1. The Balaban J connectivity index is 1.12. The first kappa shape index (κ1) is 24.8. The molecule has 3 aliphatic heterocycles. The number of piperidine rings is 1. The number of carbonyl (C=O) groups excluding carboxylic acids is 3. The quantitative estimate of drug-likeness (QED) is 0.404. The lowest BCUT2D eigenvalue weighted by molar-refractivity contribution is -0.132. The maximum atomic E-state index is 12.9. The van der Waals surface area contributed by atoms with Crippen LogP contribution in [0.15, 0.2) is 29.3 Å². The van der Waals surface area contributed by atoms with Crippen molar-refractivity contribution in [2.45, 2.75) is 31.2 Å². The number of nitrogen functional groups attached to an aromatic ring is 2. The fourth-order valence-electron chi connectivity index (χ4n) is 4.88. The molecule has 5 rings (SSSR count). The average Bonchev–Trinajstić information content (AvgIpc) is 3.48. The third-order valence-electron chi connectivity index (χ3n) is 7.01. The van der Waals surface area contributed by atoms with Gasteiger partial charge in [-0.05, 0) is 30.5 Å². The van der Waals surface area contributed by atoms with Crippen molar-refractivity contribution in [1.82, 2.24) is 25.5 Å². The number of hydrogen-bond acceptors (Lipinski definition) is 9. The molecule has 0 atom stereocenters.